The fourth-order valence-electron chi connectivity index (χ4n) is 2.70. The number of nitrogens with one attached hydrogen (secondary N) is 2. The summed E-state index contributed by atoms with van der Waals surface area (Å²) in [5.41, 5.74) is -7.64. The number of amides is 2. The molecule has 0 bridgehead atoms. The van der Waals surface area contributed by atoms with E-state index in [1.165, 1.54) is 0 Å². The summed E-state index contributed by atoms with van der Waals surface area (Å²) in [6, 6.07) is 1.03. The highest BCUT2D eigenvalue weighted by Gasteiger charge is 2.72. The molecule has 1 heterocycles. The second-order valence-corrected chi connectivity index (χ2v) is 8.17. The van der Waals surface area contributed by atoms with Crippen LogP contribution in [0.15, 0.2) is 12.1 Å². The number of halogens is 8. The average molecular weight is 538 g/mol. The van der Waals surface area contributed by atoms with Crippen LogP contribution in [0, 0.1) is 0 Å². The van der Waals surface area contributed by atoms with E-state index in [1.807, 2.05) is 0 Å². The van der Waals surface area contributed by atoms with Crippen LogP contribution in [0.2, 0.25) is 10.0 Å². The summed E-state index contributed by atoms with van der Waals surface area (Å²) in [5, 5.41) is 12.3. The minimum atomic E-state index is -6.18. The smallest absolute Gasteiger partial charge is 0.369 e. The molecule has 33 heavy (non-hydrogen) atoms. The Morgan fingerprint density at radius 3 is 1.97 bits per heavy atom. The maximum absolute atomic E-state index is 13.3. The van der Waals surface area contributed by atoms with E-state index < -0.39 is 45.4 Å². The molecule has 0 aliphatic heterocycles. The molecule has 2 rings (SSSR count). The number of aromatic nitrogens is 1. The molecule has 0 spiro atoms. The van der Waals surface area contributed by atoms with Crippen LogP contribution < -0.4 is 10.6 Å². The largest absolute Gasteiger partial charge is 0.430 e. The Morgan fingerprint density at radius 1 is 0.970 bits per heavy atom. The van der Waals surface area contributed by atoms with Crippen LogP contribution in [0.25, 0.3) is 10.4 Å². The van der Waals surface area contributed by atoms with Crippen molar-refractivity contribution in [3.8, 4) is 10.4 Å². The number of rotatable bonds is 6. The first-order valence-corrected chi connectivity index (χ1v) is 10.6. The van der Waals surface area contributed by atoms with E-state index in [1.54, 1.807) is 13.8 Å². The Hall–Kier alpha value is -2.09. The van der Waals surface area contributed by atoms with Crippen molar-refractivity contribution in [2.24, 2.45) is 0 Å². The number of carbonyl (C=O) groups is 2. The van der Waals surface area contributed by atoms with Crippen molar-refractivity contribution in [2.75, 3.05) is 13.1 Å². The maximum Gasteiger partial charge on any atom is 0.430 e. The number of carbonyl (C=O) groups excluding carboxylic acids is 2. The molecule has 15 heteroatoms. The van der Waals surface area contributed by atoms with Gasteiger partial charge in [-0.25, -0.2) is 4.98 Å². The SMILES string of the molecule is CCNC(=O)c1nc(C(=O)NCC)c(-c2ccc(C(O)(C(F)(F)F)C(F)(F)F)c(Cl)c2Cl)s1. The van der Waals surface area contributed by atoms with Gasteiger partial charge in [0.25, 0.3) is 17.4 Å². The minimum absolute atomic E-state index is 0.122. The van der Waals surface area contributed by atoms with Gasteiger partial charge in [0.1, 0.15) is 5.69 Å². The van der Waals surface area contributed by atoms with Gasteiger partial charge < -0.3 is 15.7 Å². The maximum atomic E-state index is 13.3. The van der Waals surface area contributed by atoms with Gasteiger partial charge in [-0.2, -0.15) is 26.3 Å². The van der Waals surface area contributed by atoms with Crippen LogP contribution in [-0.2, 0) is 5.60 Å². The van der Waals surface area contributed by atoms with Gasteiger partial charge in [0.15, 0.2) is 5.01 Å². The zero-order chi connectivity index (χ0) is 25.4. The first-order chi connectivity index (χ1) is 15.1. The summed E-state index contributed by atoms with van der Waals surface area (Å²) in [6.07, 6.45) is -12.4. The van der Waals surface area contributed by atoms with Crippen molar-refractivity contribution in [1.82, 2.24) is 15.6 Å². The van der Waals surface area contributed by atoms with E-state index in [-0.39, 0.29) is 34.2 Å². The fraction of sp³-hybridized carbons (Fsp3) is 0.389. The van der Waals surface area contributed by atoms with Crippen molar-refractivity contribution >= 4 is 46.4 Å². The molecular weight excluding hydrogens is 523 g/mol. The lowest BCUT2D eigenvalue weighted by molar-refractivity contribution is -0.376. The molecule has 3 N–H and O–H groups in total. The van der Waals surface area contributed by atoms with E-state index >= 15 is 0 Å². The van der Waals surface area contributed by atoms with Gasteiger partial charge >= 0.3 is 12.4 Å². The zero-order valence-corrected chi connectivity index (χ0v) is 19.0. The second-order valence-electron chi connectivity index (χ2n) is 6.41. The van der Waals surface area contributed by atoms with Gasteiger partial charge in [0.05, 0.1) is 14.9 Å². The molecule has 0 unspecified atom stereocenters. The van der Waals surface area contributed by atoms with Crippen molar-refractivity contribution in [3.63, 3.8) is 0 Å². The van der Waals surface area contributed by atoms with Crippen molar-refractivity contribution in [2.45, 2.75) is 31.8 Å². The van der Waals surface area contributed by atoms with E-state index in [4.69, 9.17) is 23.2 Å². The molecular formula is C18H15Cl2F6N3O3S. The predicted octanol–water partition coefficient (Wildman–Crippen LogP) is 4.93. The van der Waals surface area contributed by atoms with Gasteiger partial charge in [-0.15, -0.1) is 11.3 Å². The van der Waals surface area contributed by atoms with Crippen LogP contribution >= 0.6 is 34.5 Å². The number of aliphatic hydroxyl groups is 1. The summed E-state index contributed by atoms with van der Waals surface area (Å²) < 4.78 is 79.6. The van der Waals surface area contributed by atoms with Crippen molar-refractivity contribution < 1.29 is 41.0 Å². The molecule has 0 saturated carbocycles. The van der Waals surface area contributed by atoms with Gasteiger partial charge in [0.2, 0.25) is 0 Å². The van der Waals surface area contributed by atoms with Crippen LogP contribution in [0.4, 0.5) is 26.3 Å². The van der Waals surface area contributed by atoms with Crippen LogP contribution in [0.5, 0.6) is 0 Å². The molecule has 0 aliphatic rings. The fourth-order valence-corrected chi connectivity index (χ4v) is 4.33. The number of hydrogen-bond donors (Lipinski definition) is 3. The zero-order valence-electron chi connectivity index (χ0n) is 16.7. The molecule has 0 aliphatic carbocycles. The molecule has 0 saturated heterocycles. The van der Waals surface area contributed by atoms with E-state index in [0.29, 0.717) is 17.4 Å². The monoisotopic (exact) mass is 537 g/mol. The standard InChI is InChI=1S/C18H15Cl2F6N3O3S/c1-3-27-13(30)11-12(33-15(29-11)14(31)28-4-2)7-5-6-8(10(20)9(7)19)16(32,17(21,22)23)18(24,25)26/h5-6,32H,3-4H2,1-2H3,(H,27,30)(H,28,31). The average Bonchev–Trinajstić information content (AvgIpc) is 3.13. The Morgan fingerprint density at radius 2 is 1.48 bits per heavy atom. The minimum Gasteiger partial charge on any atom is -0.369 e. The van der Waals surface area contributed by atoms with Gasteiger partial charge in [-0.3, -0.25) is 9.59 Å². The molecule has 2 aromatic rings. The Balaban J connectivity index is 2.77. The Kier molecular flexibility index (Phi) is 7.94. The lowest BCUT2D eigenvalue weighted by atomic mass is 9.91. The van der Waals surface area contributed by atoms with E-state index in [2.05, 4.69) is 15.6 Å². The first-order valence-electron chi connectivity index (χ1n) is 9.03. The number of nitrogens with zero attached hydrogens (tertiary/aromatic N) is 1. The molecule has 0 fully saturated rings. The quantitative estimate of drug-likeness (QED) is 0.456. The molecule has 2 amide bonds. The summed E-state index contributed by atoms with van der Waals surface area (Å²) >= 11 is 12.4. The highest BCUT2D eigenvalue weighted by molar-refractivity contribution is 7.17. The van der Waals surface area contributed by atoms with Gasteiger partial charge in [0, 0.05) is 24.2 Å². The lowest BCUT2D eigenvalue weighted by Gasteiger charge is -2.33. The highest BCUT2D eigenvalue weighted by Crippen LogP contribution is 2.53. The van der Waals surface area contributed by atoms with E-state index in [9.17, 15) is 41.0 Å². The molecule has 1 aromatic carbocycles. The first kappa shape index (κ1) is 27.2. The normalized spacial score (nSPS) is 12.6. The second kappa shape index (κ2) is 9.65. The van der Waals surface area contributed by atoms with Crippen LogP contribution in [0.3, 0.4) is 0 Å². The Labute approximate surface area is 196 Å². The van der Waals surface area contributed by atoms with Crippen molar-refractivity contribution in [3.05, 3.63) is 38.4 Å². The molecule has 182 valence electrons. The number of thiazole rings is 1. The Bertz CT molecular complexity index is 1060. The summed E-state index contributed by atoms with van der Waals surface area (Å²) in [5.74, 6) is -1.43. The van der Waals surface area contributed by atoms with Crippen molar-refractivity contribution in [1.29, 1.82) is 0 Å². The molecule has 6 nitrogen and oxygen atoms in total. The van der Waals surface area contributed by atoms with Gasteiger partial charge in [-0.1, -0.05) is 35.3 Å². The number of hydrogen-bond acceptors (Lipinski definition) is 5. The molecule has 0 atom stereocenters. The van der Waals surface area contributed by atoms with Crippen LogP contribution in [-0.4, -0.2) is 47.3 Å². The molecule has 1 aromatic heterocycles. The third-order valence-corrected chi connectivity index (χ3v) is 6.22. The van der Waals surface area contributed by atoms with Gasteiger partial charge in [-0.05, 0) is 13.8 Å². The summed E-state index contributed by atoms with van der Waals surface area (Å²) in [6.45, 7) is 3.58. The number of benzene rings is 1. The summed E-state index contributed by atoms with van der Waals surface area (Å²) in [7, 11) is 0. The van der Waals surface area contributed by atoms with Crippen LogP contribution in [0.1, 0.15) is 39.7 Å². The third-order valence-electron chi connectivity index (χ3n) is 4.25. The third kappa shape index (κ3) is 4.91. The predicted molar refractivity (Wildman–Crippen MR) is 110 cm³/mol. The number of alkyl halides is 6. The highest BCUT2D eigenvalue weighted by atomic mass is 35.5. The lowest BCUT2D eigenvalue weighted by Crippen LogP contribution is -2.54. The molecule has 0 radical (unpaired) electrons. The topological polar surface area (TPSA) is 91.3 Å². The summed E-state index contributed by atoms with van der Waals surface area (Å²) in [4.78, 5) is 28.4. The van der Waals surface area contributed by atoms with E-state index in [0.717, 1.165) is 6.07 Å².